The zero-order chi connectivity index (χ0) is 15.4. The Labute approximate surface area is 124 Å². The van der Waals surface area contributed by atoms with Gasteiger partial charge in [0.1, 0.15) is 24.0 Å². The number of hydrogen-bond acceptors (Lipinski definition) is 6. The van der Waals surface area contributed by atoms with Crippen molar-refractivity contribution < 1.29 is 9.53 Å². The normalized spacial score (nSPS) is 15.8. The third kappa shape index (κ3) is 3.27. The molecule has 1 saturated heterocycles. The highest BCUT2D eigenvalue weighted by Crippen LogP contribution is 2.28. The fourth-order valence-electron chi connectivity index (χ4n) is 2.46. The Morgan fingerprint density at radius 1 is 1.52 bits per heavy atom. The minimum Gasteiger partial charge on any atom is -0.465 e. The molecular formula is C14H21N5O2. The molecule has 2 N–H and O–H groups in total. The van der Waals surface area contributed by atoms with Crippen LogP contribution in [0.4, 0.5) is 11.6 Å². The lowest BCUT2D eigenvalue weighted by atomic mass is 9.99. The van der Waals surface area contributed by atoms with E-state index in [1.807, 2.05) is 0 Å². The summed E-state index contributed by atoms with van der Waals surface area (Å²) in [6, 6.07) is 2.10. The first-order valence-electron chi connectivity index (χ1n) is 7.23. The molecule has 2 rings (SSSR count). The quantitative estimate of drug-likeness (QED) is 0.835. The molecular weight excluding hydrogens is 270 g/mol. The number of nitrogen functional groups attached to an aromatic ring is 1. The van der Waals surface area contributed by atoms with Gasteiger partial charge in [0.05, 0.1) is 6.61 Å². The van der Waals surface area contributed by atoms with Crippen LogP contribution in [0.1, 0.15) is 32.3 Å². The number of nitrogens with zero attached hydrogens (tertiary/aromatic N) is 4. The number of nitrogens with two attached hydrogens (primary N) is 1. The van der Waals surface area contributed by atoms with Crippen LogP contribution in [-0.4, -0.2) is 35.4 Å². The van der Waals surface area contributed by atoms with Gasteiger partial charge in [-0.3, -0.25) is 4.79 Å². The zero-order valence-corrected chi connectivity index (χ0v) is 12.5. The third-order valence-corrected chi connectivity index (χ3v) is 3.75. The van der Waals surface area contributed by atoms with Gasteiger partial charge in [0.2, 0.25) is 0 Å². The van der Waals surface area contributed by atoms with Crippen LogP contribution in [0.15, 0.2) is 0 Å². The molecule has 0 aliphatic carbocycles. The second-order valence-electron chi connectivity index (χ2n) is 5.33. The summed E-state index contributed by atoms with van der Waals surface area (Å²) in [6.07, 6.45) is 2.13. The maximum atomic E-state index is 11.6. The molecule has 1 aliphatic heterocycles. The van der Waals surface area contributed by atoms with Crippen molar-refractivity contribution in [3.05, 3.63) is 5.56 Å². The van der Waals surface area contributed by atoms with E-state index in [2.05, 4.69) is 23.0 Å². The van der Waals surface area contributed by atoms with E-state index in [0.717, 1.165) is 25.9 Å². The average molecular weight is 291 g/mol. The van der Waals surface area contributed by atoms with Crippen LogP contribution in [0.2, 0.25) is 0 Å². The summed E-state index contributed by atoms with van der Waals surface area (Å²) in [5.74, 6) is 1.08. The average Bonchev–Trinajstić information content (AvgIpc) is 2.76. The van der Waals surface area contributed by atoms with Crippen molar-refractivity contribution >= 4 is 17.6 Å². The Morgan fingerprint density at radius 3 is 2.76 bits per heavy atom. The maximum Gasteiger partial charge on any atom is 0.327 e. The molecule has 0 spiro atoms. The predicted octanol–water partition coefficient (Wildman–Crippen LogP) is 1.14. The van der Waals surface area contributed by atoms with Crippen LogP contribution in [0.25, 0.3) is 0 Å². The van der Waals surface area contributed by atoms with E-state index in [1.54, 1.807) is 6.92 Å². The maximum absolute atomic E-state index is 11.6. The van der Waals surface area contributed by atoms with Crippen molar-refractivity contribution in [2.45, 2.75) is 33.2 Å². The minimum absolute atomic E-state index is 0.0708. The molecule has 7 heteroatoms. The fourth-order valence-corrected chi connectivity index (χ4v) is 2.46. The van der Waals surface area contributed by atoms with Crippen LogP contribution >= 0.6 is 0 Å². The number of aromatic nitrogens is 2. The van der Waals surface area contributed by atoms with Crippen LogP contribution < -0.4 is 10.6 Å². The summed E-state index contributed by atoms with van der Waals surface area (Å²) in [5, 5.41) is 13.7. The number of hydrogen-bond donors (Lipinski definition) is 1. The standard InChI is InChI=1S/C14H21N5O2/c1-3-21-12(20)9-19-13(16)11(8-15)14(17-19)18-6-4-10(2)5-7-18/h10H,3-7,9,16H2,1-2H3. The third-order valence-electron chi connectivity index (χ3n) is 3.75. The van der Waals surface area contributed by atoms with Crippen LogP contribution in [-0.2, 0) is 16.1 Å². The van der Waals surface area contributed by atoms with E-state index >= 15 is 0 Å². The number of carbonyl (C=O) groups excluding carboxylic acids is 1. The van der Waals surface area contributed by atoms with Crippen molar-refractivity contribution in [3.8, 4) is 6.07 Å². The summed E-state index contributed by atoms with van der Waals surface area (Å²) in [4.78, 5) is 13.6. The van der Waals surface area contributed by atoms with Gasteiger partial charge in [-0.05, 0) is 25.7 Å². The van der Waals surface area contributed by atoms with Gasteiger partial charge in [-0.25, -0.2) is 4.68 Å². The van der Waals surface area contributed by atoms with Crippen LogP contribution in [0, 0.1) is 17.2 Å². The second-order valence-corrected chi connectivity index (χ2v) is 5.33. The highest BCUT2D eigenvalue weighted by atomic mass is 16.5. The number of carbonyl (C=O) groups is 1. The fraction of sp³-hybridized carbons (Fsp3) is 0.643. The Kier molecular flexibility index (Phi) is 4.68. The lowest BCUT2D eigenvalue weighted by Crippen LogP contribution is -2.33. The van der Waals surface area contributed by atoms with Crippen molar-refractivity contribution in [1.82, 2.24) is 9.78 Å². The van der Waals surface area contributed by atoms with Gasteiger partial charge >= 0.3 is 5.97 Å². The molecule has 0 bridgehead atoms. The molecule has 1 aromatic heterocycles. The number of ether oxygens (including phenoxy) is 1. The van der Waals surface area contributed by atoms with Crippen molar-refractivity contribution in [2.75, 3.05) is 30.3 Å². The summed E-state index contributed by atoms with van der Waals surface area (Å²) < 4.78 is 6.24. The summed E-state index contributed by atoms with van der Waals surface area (Å²) in [7, 11) is 0. The lowest BCUT2D eigenvalue weighted by Gasteiger charge is -2.30. The molecule has 7 nitrogen and oxygen atoms in total. The molecule has 0 radical (unpaired) electrons. The van der Waals surface area contributed by atoms with Gasteiger partial charge in [0.15, 0.2) is 5.82 Å². The number of rotatable bonds is 4. The van der Waals surface area contributed by atoms with E-state index < -0.39 is 5.97 Å². The molecule has 0 amide bonds. The van der Waals surface area contributed by atoms with Crippen molar-refractivity contribution in [2.24, 2.45) is 5.92 Å². The van der Waals surface area contributed by atoms with Crippen LogP contribution in [0.3, 0.4) is 0 Å². The molecule has 1 fully saturated rings. The van der Waals surface area contributed by atoms with Gasteiger partial charge in [-0.15, -0.1) is 0 Å². The topological polar surface area (TPSA) is 97.2 Å². The summed E-state index contributed by atoms with van der Waals surface area (Å²) in [5.41, 5.74) is 6.28. The molecule has 1 aliphatic rings. The minimum atomic E-state index is -0.407. The van der Waals surface area contributed by atoms with E-state index in [1.165, 1.54) is 4.68 Å². The van der Waals surface area contributed by atoms with Gasteiger partial charge in [-0.2, -0.15) is 10.4 Å². The number of piperidine rings is 1. The van der Waals surface area contributed by atoms with E-state index in [9.17, 15) is 10.1 Å². The van der Waals surface area contributed by atoms with E-state index in [-0.39, 0.29) is 12.4 Å². The highest BCUT2D eigenvalue weighted by molar-refractivity contribution is 5.72. The van der Waals surface area contributed by atoms with E-state index in [0.29, 0.717) is 23.9 Å². The summed E-state index contributed by atoms with van der Waals surface area (Å²) in [6.45, 7) is 5.90. The molecule has 1 aromatic rings. The van der Waals surface area contributed by atoms with Gasteiger partial charge in [-0.1, -0.05) is 6.92 Å². The molecule has 21 heavy (non-hydrogen) atoms. The molecule has 0 aromatic carbocycles. The largest absolute Gasteiger partial charge is 0.465 e. The first-order chi connectivity index (χ1) is 10.1. The van der Waals surface area contributed by atoms with E-state index in [4.69, 9.17) is 10.5 Å². The number of anilines is 2. The van der Waals surface area contributed by atoms with Gasteiger partial charge in [0.25, 0.3) is 0 Å². The monoisotopic (exact) mass is 291 g/mol. The molecule has 0 unspecified atom stereocenters. The van der Waals surface area contributed by atoms with Gasteiger partial charge in [0, 0.05) is 13.1 Å². The van der Waals surface area contributed by atoms with Crippen molar-refractivity contribution in [3.63, 3.8) is 0 Å². The second kappa shape index (κ2) is 6.48. The predicted molar refractivity (Wildman–Crippen MR) is 78.6 cm³/mol. The number of nitriles is 1. The highest BCUT2D eigenvalue weighted by Gasteiger charge is 2.25. The Morgan fingerprint density at radius 2 is 2.19 bits per heavy atom. The molecule has 2 heterocycles. The number of esters is 1. The molecule has 0 saturated carbocycles. The molecule has 0 atom stereocenters. The first-order valence-corrected chi connectivity index (χ1v) is 7.23. The summed E-state index contributed by atoms with van der Waals surface area (Å²) >= 11 is 0. The first kappa shape index (κ1) is 15.2. The Balaban J connectivity index is 2.22. The lowest BCUT2D eigenvalue weighted by molar-refractivity contribution is -0.143. The SMILES string of the molecule is CCOC(=O)Cn1nc(N2CCC(C)CC2)c(C#N)c1N. The smallest absolute Gasteiger partial charge is 0.327 e. The molecule has 114 valence electrons. The zero-order valence-electron chi connectivity index (χ0n) is 12.5. The van der Waals surface area contributed by atoms with Crippen LogP contribution in [0.5, 0.6) is 0 Å². The van der Waals surface area contributed by atoms with Crippen molar-refractivity contribution in [1.29, 1.82) is 5.26 Å². The Bertz CT molecular complexity index is 552. The van der Waals surface area contributed by atoms with Gasteiger partial charge < -0.3 is 15.4 Å². The Hall–Kier alpha value is -2.23.